The van der Waals surface area contributed by atoms with Crippen LogP contribution in [-0.2, 0) is 9.59 Å². The van der Waals surface area contributed by atoms with Crippen molar-refractivity contribution in [1.29, 1.82) is 0 Å². The summed E-state index contributed by atoms with van der Waals surface area (Å²) in [5.41, 5.74) is 0.236. The van der Waals surface area contributed by atoms with Gasteiger partial charge in [0.1, 0.15) is 6.54 Å². The summed E-state index contributed by atoms with van der Waals surface area (Å²) < 4.78 is 0. The summed E-state index contributed by atoms with van der Waals surface area (Å²) in [6.07, 6.45) is 4.25. The molecule has 1 saturated heterocycles. The molecule has 2 aliphatic rings. The molecule has 3 atom stereocenters. The molecular weight excluding hydrogens is 424 g/mol. The predicted octanol–water partition coefficient (Wildman–Crippen LogP) is 3.84. The van der Waals surface area contributed by atoms with Crippen molar-refractivity contribution in [2.45, 2.75) is 13.3 Å². The molecule has 1 aliphatic heterocycles. The second kappa shape index (κ2) is 8.16. The Morgan fingerprint density at radius 1 is 1.17 bits per heavy atom. The van der Waals surface area contributed by atoms with E-state index in [0.717, 1.165) is 10.0 Å². The fourth-order valence-electron chi connectivity index (χ4n) is 3.99. The molecule has 2 aromatic rings. The highest BCUT2D eigenvalue weighted by Crippen LogP contribution is 2.39. The van der Waals surface area contributed by atoms with Gasteiger partial charge in [0.15, 0.2) is 5.78 Å². The number of rotatable bonds is 5. The van der Waals surface area contributed by atoms with Gasteiger partial charge in [0.05, 0.1) is 16.7 Å². The highest BCUT2D eigenvalue weighted by atomic mass is 35.5. The van der Waals surface area contributed by atoms with Crippen LogP contribution in [-0.4, -0.2) is 40.1 Å². The molecule has 3 amide bonds. The molecule has 0 spiro atoms. The minimum absolute atomic E-state index is 0.120. The maximum atomic E-state index is 13.3. The molecule has 1 aliphatic carbocycles. The van der Waals surface area contributed by atoms with Gasteiger partial charge in [-0.3, -0.25) is 19.2 Å². The van der Waals surface area contributed by atoms with Gasteiger partial charge in [-0.15, -0.1) is 11.3 Å². The Morgan fingerprint density at radius 3 is 2.53 bits per heavy atom. The minimum Gasteiger partial charge on any atom is -0.291 e. The van der Waals surface area contributed by atoms with Crippen LogP contribution in [0.1, 0.15) is 33.4 Å². The first-order valence-electron chi connectivity index (χ1n) is 9.57. The second-order valence-corrected chi connectivity index (χ2v) is 8.80. The summed E-state index contributed by atoms with van der Waals surface area (Å²) in [5.74, 6) is -2.99. The fourth-order valence-corrected chi connectivity index (χ4v) is 4.78. The summed E-state index contributed by atoms with van der Waals surface area (Å²) in [6, 6.07) is 9.50. The normalized spacial score (nSPS) is 22.9. The lowest BCUT2D eigenvalue weighted by atomic mass is 9.78. The smallest absolute Gasteiger partial charge is 0.273 e. The third-order valence-corrected chi connectivity index (χ3v) is 6.67. The second-order valence-electron chi connectivity index (χ2n) is 7.41. The van der Waals surface area contributed by atoms with E-state index >= 15 is 0 Å². The van der Waals surface area contributed by atoms with Crippen molar-refractivity contribution in [1.82, 2.24) is 10.0 Å². The summed E-state index contributed by atoms with van der Waals surface area (Å²) in [7, 11) is 0. The van der Waals surface area contributed by atoms with Crippen LogP contribution in [0.25, 0.3) is 0 Å². The molecule has 154 valence electrons. The number of carbonyl (C=O) groups excluding carboxylic acids is 4. The monoisotopic (exact) mass is 442 g/mol. The lowest BCUT2D eigenvalue weighted by molar-refractivity contribution is -0.154. The predicted molar refractivity (Wildman–Crippen MR) is 113 cm³/mol. The van der Waals surface area contributed by atoms with Crippen LogP contribution in [0.3, 0.4) is 0 Å². The number of halogens is 1. The molecule has 30 heavy (non-hydrogen) atoms. The average Bonchev–Trinajstić information content (AvgIpc) is 3.35. The number of ketones is 1. The molecular formula is C22H19ClN2O4S. The topological polar surface area (TPSA) is 74.8 Å². The number of carbonyl (C=O) groups is 4. The van der Waals surface area contributed by atoms with E-state index in [1.807, 2.05) is 19.1 Å². The Labute approximate surface area is 182 Å². The first-order chi connectivity index (χ1) is 14.4. The Balaban J connectivity index is 1.70. The first kappa shape index (κ1) is 20.5. The van der Waals surface area contributed by atoms with Crippen LogP contribution >= 0.6 is 22.9 Å². The van der Waals surface area contributed by atoms with Crippen molar-refractivity contribution in [3.63, 3.8) is 0 Å². The van der Waals surface area contributed by atoms with Gasteiger partial charge in [-0.25, -0.2) is 5.01 Å². The van der Waals surface area contributed by atoms with Crippen LogP contribution in [0.5, 0.6) is 0 Å². The van der Waals surface area contributed by atoms with Gasteiger partial charge in [0.25, 0.3) is 17.7 Å². The summed E-state index contributed by atoms with van der Waals surface area (Å²) >= 11 is 7.16. The molecule has 1 fully saturated rings. The van der Waals surface area contributed by atoms with Crippen LogP contribution in [0.4, 0.5) is 0 Å². The van der Waals surface area contributed by atoms with E-state index in [2.05, 4.69) is 0 Å². The lowest BCUT2D eigenvalue weighted by Gasteiger charge is -2.30. The quantitative estimate of drug-likeness (QED) is 0.400. The fraction of sp³-hybridized carbons (Fsp3) is 0.273. The highest BCUT2D eigenvalue weighted by Gasteiger charge is 2.53. The van der Waals surface area contributed by atoms with E-state index in [9.17, 15) is 19.2 Å². The molecule has 0 saturated carbocycles. The number of fused-ring (bicyclic) bond motifs is 1. The summed E-state index contributed by atoms with van der Waals surface area (Å²) in [5, 5.41) is 4.08. The van der Waals surface area contributed by atoms with Gasteiger partial charge in [-0.2, -0.15) is 5.01 Å². The molecule has 1 aromatic carbocycles. The number of hydrazine groups is 1. The largest absolute Gasteiger partial charge is 0.291 e. The zero-order chi connectivity index (χ0) is 21.4. The van der Waals surface area contributed by atoms with E-state index in [-0.39, 0.29) is 17.3 Å². The van der Waals surface area contributed by atoms with Crippen molar-refractivity contribution in [3.05, 3.63) is 69.4 Å². The van der Waals surface area contributed by atoms with E-state index < -0.39 is 36.1 Å². The first-order valence-corrected chi connectivity index (χ1v) is 10.8. The van der Waals surface area contributed by atoms with Crippen LogP contribution in [0.2, 0.25) is 5.02 Å². The highest BCUT2D eigenvalue weighted by molar-refractivity contribution is 7.12. The Bertz CT molecular complexity index is 1030. The Kier molecular flexibility index (Phi) is 5.58. The van der Waals surface area contributed by atoms with Crippen molar-refractivity contribution in [2.24, 2.45) is 17.8 Å². The van der Waals surface area contributed by atoms with Crippen molar-refractivity contribution < 1.29 is 19.2 Å². The number of benzene rings is 1. The Hall–Kier alpha value is -2.77. The molecule has 1 aromatic heterocycles. The summed E-state index contributed by atoms with van der Waals surface area (Å²) in [4.78, 5) is 52.9. The number of Topliss-reactive ketones (excluding diaryl/α,β-unsaturated/α-hetero) is 1. The summed E-state index contributed by atoms with van der Waals surface area (Å²) in [6.45, 7) is 1.48. The number of nitrogens with zero attached hydrogens (tertiary/aromatic N) is 2. The van der Waals surface area contributed by atoms with Gasteiger partial charge in [0.2, 0.25) is 0 Å². The third kappa shape index (κ3) is 3.59. The number of thiophene rings is 1. The number of hydrogen-bond donors (Lipinski definition) is 0. The van der Waals surface area contributed by atoms with E-state index in [1.54, 1.807) is 29.6 Å². The van der Waals surface area contributed by atoms with Crippen molar-refractivity contribution in [2.75, 3.05) is 6.54 Å². The van der Waals surface area contributed by atoms with Gasteiger partial charge in [-0.1, -0.05) is 36.7 Å². The molecule has 8 heteroatoms. The van der Waals surface area contributed by atoms with Crippen LogP contribution in [0, 0.1) is 17.8 Å². The molecule has 6 nitrogen and oxygen atoms in total. The maximum absolute atomic E-state index is 13.3. The van der Waals surface area contributed by atoms with Gasteiger partial charge < -0.3 is 0 Å². The third-order valence-electron chi connectivity index (χ3n) is 5.51. The number of hydrogen-bond acceptors (Lipinski definition) is 5. The number of amides is 3. The maximum Gasteiger partial charge on any atom is 0.273 e. The van der Waals surface area contributed by atoms with E-state index in [4.69, 9.17) is 11.6 Å². The van der Waals surface area contributed by atoms with Gasteiger partial charge in [-0.05, 0) is 48.1 Å². The molecule has 2 heterocycles. The van der Waals surface area contributed by atoms with Crippen molar-refractivity contribution >= 4 is 46.4 Å². The zero-order valence-electron chi connectivity index (χ0n) is 16.2. The molecule has 0 N–H and O–H groups in total. The molecule has 0 radical (unpaired) electrons. The Morgan fingerprint density at radius 2 is 1.90 bits per heavy atom. The van der Waals surface area contributed by atoms with Crippen LogP contribution in [0.15, 0.2) is 53.9 Å². The molecule has 0 unspecified atom stereocenters. The standard InChI is InChI=1S/C22H19ClN2O4S/c1-13-4-2-5-16-19(13)22(29)25(21(16)28)24(12-17(26)18-6-3-11-30-18)20(27)14-7-9-15(23)10-8-14/h2-4,6-11,13,16,19H,5,12H2,1H3/t13-,16+,19-/m1/s1. The average molecular weight is 443 g/mol. The van der Waals surface area contributed by atoms with Gasteiger partial charge in [0, 0.05) is 10.6 Å². The minimum atomic E-state index is -0.600. The van der Waals surface area contributed by atoms with Crippen molar-refractivity contribution in [3.8, 4) is 0 Å². The molecule has 4 rings (SSSR count). The number of imide groups is 1. The SMILES string of the molecule is C[C@@H]1C=CC[C@@H]2C(=O)N(N(CC(=O)c3cccs3)C(=O)c3ccc(Cl)cc3)C(=O)[C@H]12. The van der Waals surface area contributed by atoms with Crippen LogP contribution < -0.4 is 0 Å². The number of allylic oxidation sites excluding steroid dienone is 2. The zero-order valence-corrected chi connectivity index (χ0v) is 17.7. The lowest BCUT2D eigenvalue weighted by Crippen LogP contribution is -2.52. The molecule has 0 bridgehead atoms. The van der Waals surface area contributed by atoms with E-state index in [1.165, 1.54) is 23.5 Å². The van der Waals surface area contributed by atoms with E-state index in [0.29, 0.717) is 16.3 Å². The van der Waals surface area contributed by atoms with Gasteiger partial charge >= 0.3 is 0 Å².